The van der Waals surface area contributed by atoms with E-state index < -0.39 is 5.41 Å². The largest absolute Gasteiger partial charge is 0.456 e. The third-order valence-electron chi connectivity index (χ3n) is 15.0. The molecule has 0 N–H and O–H groups in total. The summed E-state index contributed by atoms with van der Waals surface area (Å²) in [5, 5.41) is 4.61. The predicted molar refractivity (Wildman–Crippen MR) is 291 cm³/mol. The molecule has 0 saturated carbocycles. The highest BCUT2D eigenvalue weighted by atomic mass is 16.5. The lowest BCUT2D eigenvalue weighted by atomic mass is 9.67. The fourth-order valence-electron chi connectivity index (χ4n) is 12.1. The van der Waals surface area contributed by atoms with Crippen molar-refractivity contribution < 1.29 is 9.15 Å². The highest BCUT2D eigenvalue weighted by molar-refractivity contribution is 6.14. The van der Waals surface area contributed by atoms with E-state index in [9.17, 15) is 0 Å². The summed E-state index contributed by atoms with van der Waals surface area (Å²) in [7, 11) is 0. The Morgan fingerprint density at radius 2 is 0.972 bits per heavy atom. The van der Waals surface area contributed by atoms with Crippen LogP contribution in [-0.4, -0.2) is 4.57 Å². The first-order valence-electron chi connectivity index (χ1n) is 24.3. The summed E-state index contributed by atoms with van der Waals surface area (Å²) in [5.74, 6) is 1.74. The van der Waals surface area contributed by atoms with E-state index in [-0.39, 0.29) is 0 Å². The second kappa shape index (κ2) is 15.3. The molecule has 0 saturated heterocycles. The second-order valence-electron chi connectivity index (χ2n) is 18.8. The van der Waals surface area contributed by atoms with Crippen molar-refractivity contribution in [3.05, 3.63) is 277 Å². The maximum atomic E-state index is 6.46. The molecule has 1 aliphatic heterocycles. The fourth-order valence-corrected chi connectivity index (χ4v) is 12.1. The first-order chi connectivity index (χ1) is 35.2. The lowest BCUT2D eigenvalue weighted by Crippen LogP contribution is -2.28. The van der Waals surface area contributed by atoms with Gasteiger partial charge < -0.3 is 18.6 Å². The summed E-state index contributed by atoms with van der Waals surface area (Å²) < 4.78 is 15.2. The topological polar surface area (TPSA) is 30.5 Å². The number of furan rings is 1. The summed E-state index contributed by atoms with van der Waals surface area (Å²) in [5.41, 5.74) is 19.8. The third kappa shape index (κ3) is 5.79. The zero-order valence-electron chi connectivity index (χ0n) is 38.5. The van der Waals surface area contributed by atoms with Crippen LogP contribution in [0.25, 0.3) is 82.8 Å². The van der Waals surface area contributed by atoms with Crippen molar-refractivity contribution in [2.24, 2.45) is 0 Å². The average Bonchev–Trinajstić information content (AvgIpc) is 4.09. The second-order valence-corrected chi connectivity index (χ2v) is 18.8. The standard InChI is InChI=1S/C67H42N2O2/c1-2-17-46(18-3-1)67(57-27-7-4-22-52(57)53-23-5-8-28-58(53)67)47-19-13-21-50(42-47)68(48-37-34-43(35-38-48)51-25-14-32-63-65(51)55-24-6-10-30-61(55)70-63)49-20-12-16-44(40-49)45-36-39-59-56(41-45)54-26-15-33-64-66(54)69(59)60-29-9-11-31-62(60)71-64/h1-42H. The van der Waals surface area contributed by atoms with Crippen LogP contribution in [0, 0.1) is 0 Å². The molecule has 1 aliphatic carbocycles. The van der Waals surface area contributed by atoms with Crippen molar-refractivity contribution in [2.45, 2.75) is 5.41 Å². The summed E-state index contributed by atoms with van der Waals surface area (Å²) in [6, 6.07) is 92.5. The van der Waals surface area contributed by atoms with E-state index in [1.807, 2.05) is 24.3 Å². The molecule has 11 aromatic carbocycles. The van der Waals surface area contributed by atoms with E-state index in [1.165, 1.54) is 44.2 Å². The number of nitrogens with zero attached hydrogens (tertiary/aromatic N) is 2. The summed E-state index contributed by atoms with van der Waals surface area (Å²) in [6.45, 7) is 0. The number of hydrogen-bond donors (Lipinski definition) is 0. The van der Waals surface area contributed by atoms with Crippen LogP contribution in [0.15, 0.2) is 259 Å². The molecule has 71 heavy (non-hydrogen) atoms. The Bertz CT molecular complexity index is 4230. The van der Waals surface area contributed by atoms with Crippen molar-refractivity contribution in [3.63, 3.8) is 0 Å². The molecule has 15 rings (SSSR count). The molecule has 3 heterocycles. The molecule has 0 amide bonds. The number of fused-ring (bicyclic) bond motifs is 11. The predicted octanol–water partition coefficient (Wildman–Crippen LogP) is 18.0. The Morgan fingerprint density at radius 3 is 1.82 bits per heavy atom. The highest BCUT2D eigenvalue weighted by Gasteiger charge is 2.46. The fraction of sp³-hybridized carbons (Fsp3) is 0.0149. The van der Waals surface area contributed by atoms with Crippen LogP contribution < -0.4 is 9.64 Å². The van der Waals surface area contributed by atoms with Gasteiger partial charge in [-0.25, -0.2) is 0 Å². The molecule has 4 nitrogen and oxygen atoms in total. The quantitative estimate of drug-likeness (QED) is 0.160. The van der Waals surface area contributed by atoms with Gasteiger partial charge >= 0.3 is 0 Å². The van der Waals surface area contributed by atoms with Gasteiger partial charge in [0.1, 0.15) is 11.2 Å². The van der Waals surface area contributed by atoms with Gasteiger partial charge in [0.25, 0.3) is 0 Å². The molecule has 2 aromatic heterocycles. The van der Waals surface area contributed by atoms with Crippen molar-refractivity contribution in [2.75, 3.05) is 4.90 Å². The molecule has 13 aromatic rings. The van der Waals surface area contributed by atoms with Gasteiger partial charge in [-0.05, 0) is 134 Å². The minimum absolute atomic E-state index is 0.546. The van der Waals surface area contributed by atoms with Crippen LogP contribution in [-0.2, 0) is 5.41 Å². The normalized spacial score (nSPS) is 13.0. The van der Waals surface area contributed by atoms with Gasteiger partial charge in [-0.2, -0.15) is 0 Å². The Balaban J connectivity index is 0.918. The Morgan fingerprint density at radius 1 is 0.366 bits per heavy atom. The Labute approximate surface area is 410 Å². The van der Waals surface area contributed by atoms with Crippen molar-refractivity contribution in [1.29, 1.82) is 0 Å². The van der Waals surface area contributed by atoms with Gasteiger partial charge in [0.2, 0.25) is 0 Å². The average molecular weight is 907 g/mol. The summed E-state index contributed by atoms with van der Waals surface area (Å²) >= 11 is 0. The van der Waals surface area contributed by atoms with Gasteiger partial charge in [-0.1, -0.05) is 176 Å². The molecule has 0 atom stereocenters. The third-order valence-corrected chi connectivity index (χ3v) is 15.0. The number of anilines is 3. The maximum Gasteiger partial charge on any atom is 0.152 e. The number of benzene rings is 11. The van der Waals surface area contributed by atoms with Crippen LogP contribution in [0.4, 0.5) is 17.1 Å². The first-order valence-corrected chi connectivity index (χ1v) is 24.3. The van der Waals surface area contributed by atoms with E-state index >= 15 is 0 Å². The van der Waals surface area contributed by atoms with E-state index in [0.717, 1.165) is 89.5 Å². The van der Waals surface area contributed by atoms with Gasteiger partial charge in [0.15, 0.2) is 11.5 Å². The molecule has 0 radical (unpaired) electrons. The summed E-state index contributed by atoms with van der Waals surface area (Å²) in [6.07, 6.45) is 0. The highest BCUT2D eigenvalue weighted by Crippen LogP contribution is 2.57. The smallest absolute Gasteiger partial charge is 0.152 e. The van der Waals surface area contributed by atoms with Crippen molar-refractivity contribution in [1.82, 2.24) is 4.57 Å². The zero-order chi connectivity index (χ0) is 46.6. The molecular formula is C67H42N2O2. The van der Waals surface area contributed by atoms with Gasteiger partial charge in [-0.15, -0.1) is 0 Å². The first kappa shape index (κ1) is 39.6. The molecule has 0 fully saturated rings. The monoisotopic (exact) mass is 906 g/mol. The van der Waals surface area contributed by atoms with Crippen LogP contribution in [0.3, 0.4) is 0 Å². The Hall–Kier alpha value is -9.38. The van der Waals surface area contributed by atoms with E-state index in [4.69, 9.17) is 9.15 Å². The number of hydrogen-bond acceptors (Lipinski definition) is 3. The lowest BCUT2D eigenvalue weighted by molar-refractivity contribution is 0.476. The van der Waals surface area contributed by atoms with Crippen molar-refractivity contribution in [3.8, 4) is 50.6 Å². The maximum absolute atomic E-state index is 6.46. The zero-order valence-corrected chi connectivity index (χ0v) is 38.5. The number of rotatable bonds is 7. The van der Waals surface area contributed by atoms with Crippen LogP contribution in [0.5, 0.6) is 11.5 Å². The van der Waals surface area contributed by atoms with Gasteiger partial charge in [-0.3, -0.25) is 0 Å². The SMILES string of the molecule is c1ccc(C2(c3cccc(N(c4ccc(-c5cccc6oc7ccccc7c56)cc4)c4cccc(-c5ccc6c(c5)c5cccc7c5n6-c5ccccc5O7)c4)c3)c3ccccc3-c3ccccc32)cc1. The van der Waals surface area contributed by atoms with Crippen molar-refractivity contribution >= 4 is 60.8 Å². The molecule has 0 unspecified atom stereocenters. The number of para-hydroxylation sites is 4. The van der Waals surface area contributed by atoms with Gasteiger partial charge in [0.05, 0.1) is 22.1 Å². The minimum Gasteiger partial charge on any atom is -0.456 e. The van der Waals surface area contributed by atoms with E-state index in [2.05, 4.69) is 240 Å². The van der Waals surface area contributed by atoms with Crippen LogP contribution in [0.1, 0.15) is 22.3 Å². The minimum atomic E-state index is -0.546. The lowest BCUT2D eigenvalue weighted by Gasteiger charge is -2.35. The molecular weight excluding hydrogens is 865 g/mol. The molecule has 4 heteroatoms. The van der Waals surface area contributed by atoms with E-state index in [1.54, 1.807) is 0 Å². The molecule has 2 aliphatic rings. The number of ether oxygens (including phenoxy) is 1. The Kier molecular flexibility index (Phi) is 8.54. The molecule has 0 bridgehead atoms. The summed E-state index contributed by atoms with van der Waals surface area (Å²) in [4.78, 5) is 2.42. The molecule has 332 valence electrons. The van der Waals surface area contributed by atoms with Crippen LogP contribution in [0.2, 0.25) is 0 Å². The van der Waals surface area contributed by atoms with Gasteiger partial charge in [0, 0.05) is 38.6 Å². The molecule has 0 spiro atoms. The number of aromatic nitrogens is 1. The van der Waals surface area contributed by atoms with E-state index in [0.29, 0.717) is 0 Å². The van der Waals surface area contributed by atoms with Crippen LogP contribution >= 0.6 is 0 Å².